The van der Waals surface area contributed by atoms with Crippen LogP contribution in [-0.4, -0.2) is 37.0 Å². The van der Waals surface area contributed by atoms with E-state index in [2.05, 4.69) is 10.6 Å². The van der Waals surface area contributed by atoms with Crippen LogP contribution >= 0.6 is 0 Å². The maximum atomic E-state index is 12.2. The molecule has 0 aliphatic rings. The van der Waals surface area contributed by atoms with Crippen LogP contribution in [0.15, 0.2) is 48.5 Å². The average molecular weight is 398 g/mol. The van der Waals surface area contributed by atoms with Crippen molar-refractivity contribution in [1.82, 2.24) is 10.6 Å². The summed E-state index contributed by atoms with van der Waals surface area (Å²) >= 11 is 0. The number of urea groups is 1. The Hall–Kier alpha value is -3.35. The van der Waals surface area contributed by atoms with Crippen LogP contribution in [0.2, 0.25) is 0 Å². The monoisotopic (exact) mass is 398 g/mol. The largest absolute Gasteiger partial charge is 0.494 e. The van der Waals surface area contributed by atoms with E-state index in [1.54, 1.807) is 48.5 Å². The number of rotatable bonds is 9. The number of carbonyl (C=O) groups is 3. The smallest absolute Gasteiger partial charge is 0.338 e. The quantitative estimate of drug-likeness (QED) is 0.499. The molecule has 0 fully saturated rings. The molecule has 0 atom stereocenters. The van der Waals surface area contributed by atoms with Crippen molar-refractivity contribution >= 4 is 17.8 Å². The first-order valence-electron chi connectivity index (χ1n) is 9.45. The zero-order valence-electron chi connectivity index (χ0n) is 16.9. The molecule has 2 aromatic carbocycles. The highest BCUT2D eigenvalue weighted by atomic mass is 16.5. The van der Waals surface area contributed by atoms with Gasteiger partial charge in [-0.1, -0.05) is 12.1 Å². The zero-order valence-corrected chi connectivity index (χ0v) is 16.9. The first-order valence-corrected chi connectivity index (χ1v) is 9.45. The lowest BCUT2D eigenvalue weighted by atomic mass is 10.1. The lowest BCUT2D eigenvalue weighted by Gasteiger charge is -2.10. The summed E-state index contributed by atoms with van der Waals surface area (Å²) in [7, 11) is 0. The van der Waals surface area contributed by atoms with Crippen molar-refractivity contribution in [3.63, 3.8) is 0 Å². The van der Waals surface area contributed by atoms with E-state index in [1.807, 2.05) is 20.8 Å². The van der Waals surface area contributed by atoms with E-state index in [-0.39, 0.29) is 24.5 Å². The Morgan fingerprint density at radius 2 is 1.55 bits per heavy atom. The zero-order chi connectivity index (χ0) is 21.2. The standard InChI is InChI=1S/C22H26N2O5/c1-4-28-19-11-9-17(10-12-19)20(25)14-29-21(26)18-7-5-16(6-8-18)13-23-22(27)24-15(2)3/h5-12,15H,4,13-14H2,1-3H3,(H2,23,24,27). The van der Waals surface area contributed by atoms with Crippen LogP contribution in [0, 0.1) is 0 Å². The first-order chi connectivity index (χ1) is 13.9. The van der Waals surface area contributed by atoms with E-state index in [1.165, 1.54) is 0 Å². The molecule has 0 aromatic heterocycles. The molecule has 7 nitrogen and oxygen atoms in total. The van der Waals surface area contributed by atoms with Crippen LogP contribution in [0.5, 0.6) is 5.75 Å². The van der Waals surface area contributed by atoms with E-state index in [9.17, 15) is 14.4 Å². The third-order valence-corrected chi connectivity index (χ3v) is 3.88. The second-order valence-corrected chi connectivity index (χ2v) is 6.64. The van der Waals surface area contributed by atoms with E-state index in [0.717, 1.165) is 5.56 Å². The summed E-state index contributed by atoms with van der Waals surface area (Å²) < 4.78 is 10.4. The third-order valence-electron chi connectivity index (χ3n) is 3.88. The van der Waals surface area contributed by atoms with Gasteiger partial charge in [-0.05, 0) is 62.7 Å². The molecule has 29 heavy (non-hydrogen) atoms. The summed E-state index contributed by atoms with van der Waals surface area (Å²) in [5.74, 6) is -0.197. The van der Waals surface area contributed by atoms with Gasteiger partial charge in [-0.25, -0.2) is 9.59 Å². The number of carbonyl (C=O) groups excluding carboxylic acids is 3. The molecule has 0 saturated heterocycles. The highest BCUT2D eigenvalue weighted by molar-refractivity contribution is 5.99. The van der Waals surface area contributed by atoms with Crippen molar-refractivity contribution in [2.45, 2.75) is 33.4 Å². The first kappa shape index (κ1) is 21.9. The summed E-state index contributed by atoms with van der Waals surface area (Å²) in [5.41, 5.74) is 1.62. The number of hydrogen-bond acceptors (Lipinski definition) is 5. The van der Waals surface area contributed by atoms with Gasteiger partial charge >= 0.3 is 12.0 Å². The maximum absolute atomic E-state index is 12.2. The number of nitrogens with one attached hydrogen (secondary N) is 2. The van der Waals surface area contributed by atoms with Gasteiger partial charge in [0.15, 0.2) is 12.4 Å². The normalized spacial score (nSPS) is 10.3. The van der Waals surface area contributed by atoms with Crippen LogP contribution < -0.4 is 15.4 Å². The number of esters is 1. The van der Waals surface area contributed by atoms with Crippen molar-refractivity contribution in [2.24, 2.45) is 0 Å². The predicted molar refractivity (Wildman–Crippen MR) is 109 cm³/mol. The van der Waals surface area contributed by atoms with Crippen molar-refractivity contribution in [1.29, 1.82) is 0 Å². The van der Waals surface area contributed by atoms with Crippen LogP contribution in [0.1, 0.15) is 47.1 Å². The minimum atomic E-state index is -0.582. The molecule has 0 heterocycles. The van der Waals surface area contributed by atoms with Crippen molar-refractivity contribution < 1.29 is 23.9 Å². The number of Topliss-reactive ketones (excluding diaryl/α,β-unsaturated/α-hetero) is 1. The van der Waals surface area contributed by atoms with Gasteiger partial charge in [0.2, 0.25) is 0 Å². The van der Waals surface area contributed by atoms with Crippen molar-refractivity contribution in [3.8, 4) is 5.75 Å². The van der Waals surface area contributed by atoms with E-state index in [4.69, 9.17) is 9.47 Å². The van der Waals surface area contributed by atoms with Gasteiger partial charge in [-0.15, -0.1) is 0 Å². The Morgan fingerprint density at radius 1 is 0.931 bits per heavy atom. The Kier molecular flexibility index (Phi) is 8.21. The molecule has 2 amide bonds. The molecule has 0 bridgehead atoms. The minimum Gasteiger partial charge on any atom is -0.494 e. The number of hydrogen-bond donors (Lipinski definition) is 2. The molecule has 7 heteroatoms. The Balaban J connectivity index is 1.82. The number of benzene rings is 2. The van der Waals surface area contributed by atoms with Crippen LogP contribution in [0.25, 0.3) is 0 Å². The van der Waals surface area contributed by atoms with Crippen LogP contribution in [-0.2, 0) is 11.3 Å². The molecular weight excluding hydrogens is 372 g/mol. The second kappa shape index (κ2) is 10.8. The van der Waals surface area contributed by atoms with Gasteiger partial charge in [0.1, 0.15) is 5.75 Å². The maximum Gasteiger partial charge on any atom is 0.338 e. The van der Waals surface area contributed by atoms with E-state index < -0.39 is 5.97 Å². The molecule has 2 aromatic rings. The van der Waals surface area contributed by atoms with E-state index >= 15 is 0 Å². The molecule has 0 saturated carbocycles. The van der Waals surface area contributed by atoms with Gasteiger partial charge in [0, 0.05) is 18.2 Å². The molecule has 2 N–H and O–H groups in total. The average Bonchev–Trinajstić information content (AvgIpc) is 2.71. The van der Waals surface area contributed by atoms with E-state index in [0.29, 0.717) is 30.0 Å². The molecule has 0 radical (unpaired) electrons. The lowest BCUT2D eigenvalue weighted by Crippen LogP contribution is -2.39. The Labute approximate surface area is 170 Å². The van der Waals surface area contributed by atoms with Crippen LogP contribution in [0.4, 0.5) is 4.79 Å². The van der Waals surface area contributed by atoms with Crippen molar-refractivity contribution in [3.05, 3.63) is 65.2 Å². The Bertz CT molecular complexity index is 829. The fourth-order valence-corrected chi connectivity index (χ4v) is 2.46. The highest BCUT2D eigenvalue weighted by Crippen LogP contribution is 2.13. The van der Waals surface area contributed by atoms with Gasteiger partial charge in [-0.3, -0.25) is 4.79 Å². The van der Waals surface area contributed by atoms with Gasteiger partial charge in [-0.2, -0.15) is 0 Å². The molecule has 0 unspecified atom stereocenters. The SMILES string of the molecule is CCOc1ccc(C(=O)COC(=O)c2ccc(CNC(=O)NC(C)C)cc2)cc1. The fraction of sp³-hybridized carbons (Fsp3) is 0.318. The molecule has 0 aliphatic carbocycles. The summed E-state index contributed by atoms with van der Waals surface area (Å²) in [5, 5.41) is 5.46. The summed E-state index contributed by atoms with van der Waals surface area (Å²) in [4.78, 5) is 35.9. The fourth-order valence-electron chi connectivity index (χ4n) is 2.46. The summed E-state index contributed by atoms with van der Waals surface area (Å²) in [6.07, 6.45) is 0. The number of amides is 2. The Morgan fingerprint density at radius 3 is 2.14 bits per heavy atom. The molecule has 154 valence electrons. The van der Waals surface area contributed by atoms with Gasteiger partial charge in [0.05, 0.1) is 12.2 Å². The minimum absolute atomic E-state index is 0.0532. The molecular formula is C22H26N2O5. The molecule has 2 rings (SSSR count). The number of ketones is 1. The third kappa shape index (κ3) is 7.29. The summed E-state index contributed by atoms with van der Waals surface area (Å²) in [6, 6.07) is 13.1. The van der Waals surface area contributed by atoms with Gasteiger partial charge in [0.25, 0.3) is 0 Å². The lowest BCUT2D eigenvalue weighted by molar-refractivity contribution is 0.0474. The second-order valence-electron chi connectivity index (χ2n) is 6.64. The van der Waals surface area contributed by atoms with Gasteiger partial charge < -0.3 is 20.1 Å². The highest BCUT2D eigenvalue weighted by Gasteiger charge is 2.12. The molecule has 0 aliphatic heterocycles. The summed E-state index contributed by atoms with van der Waals surface area (Å²) in [6.45, 7) is 6.17. The molecule has 0 spiro atoms. The topological polar surface area (TPSA) is 93.7 Å². The van der Waals surface area contributed by atoms with Crippen molar-refractivity contribution in [2.75, 3.05) is 13.2 Å². The predicted octanol–water partition coefficient (Wildman–Crippen LogP) is 3.33. The van der Waals surface area contributed by atoms with Crippen LogP contribution in [0.3, 0.4) is 0 Å². The number of ether oxygens (including phenoxy) is 2.